The van der Waals surface area contributed by atoms with Crippen LogP contribution in [-0.2, 0) is 14.2 Å². The van der Waals surface area contributed by atoms with Gasteiger partial charge in [-0.2, -0.15) is 10.2 Å². The molecule has 1 aliphatic rings. The lowest BCUT2D eigenvalue weighted by Gasteiger charge is -2.22. The normalized spacial score (nSPS) is 27.0. The zero-order valence-electron chi connectivity index (χ0n) is 12.2. The molecule has 4 N–H and O–H groups in total. The van der Waals surface area contributed by atoms with Crippen molar-refractivity contribution in [3.8, 4) is 6.07 Å². The molecule has 1 aliphatic heterocycles. The van der Waals surface area contributed by atoms with Crippen LogP contribution < -0.4 is 11.4 Å². The molecule has 10 heteroatoms. The summed E-state index contributed by atoms with van der Waals surface area (Å²) in [5.74, 6) is 0.0563. The minimum atomic E-state index is -1.16. The van der Waals surface area contributed by atoms with E-state index in [2.05, 4.69) is 4.98 Å². The fraction of sp³-hybridized carbons (Fsp3) is 0.615. The van der Waals surface area contributed by atoms with E-state index in [4.69, 9.17) is 25.2 Å². The minimum absolute atomic E-state index is 0.0563. The van der Waals surface area contributed by atoms with Crippen LogP contribution in [0.15, 0.2) is 17.1 Å². The number of nitrogens with two attached hydrogens (primary N) is 1. The third-order valence-electron chi connectivity index (χ3n) is 3.32. The van der Waals surface area contributed by atoms with Crippen molar-refractivity contribution in [1.29, 1.82) is 5.26 Å². The Labute approximate surface area is 131 Å². The molecule has 1 fully saturated rings. The van der Waals surface area contributed by atoms with Crippen molar-refractivity contribution in [2.24, 2.45) is 0 Å². The third-order valence-corrected chi connectivity index (χ3v) is 3.32. The summed E-state index contributed by atoms with van der Waals surface area (Å²) in [6.07, 6.45) is -2.42. The number of hydrogen-bond donors (Lipinski definition) is 3. The van der Waals surface area contributed by atoms with E-state index in [1.807, 2.05) is 6.07 Å². The summed E-state index contributed by atoms with van der Waals surface area (Å²) in [6, 6.07) is 3.32. The van der Waals surface area contributed by atoms with Crippen LogP contribution in [0.2, 0.25) is 0 Å². The van der Waals surface area contributed by atoms with Crippen molar-refractivity contribution in [3.05, 3.63) is 22.7 Å². The van der Waals surface area contributed by atoms with Crippen LogP contribution in [0.25, 0.3) is 0 Å². The summed E-state index contributed by atoms with van der Waals surface area (Å²) in [5.41, 5.74) is 4.77. The van der Waals surface area contributed by atoms with Gasteiger partial charge in [-0.3, -0.25) is 4.57 Å². The highest BCUT2D eigenvalue weighted by molar-refractivity contribution is 5.23. The smallest absolute Gasteiger partial charge is 0.351 e. The molecule has 0 aromatic carbocycles. The SMILES string of the molecule is N#CCCOCOC1C(O)[C@@H](CO)O[C@H]1n1ccc(N)nc1=O. The average molecular weight is 326 g/mol. The Kier molecular flexibility index (Phi) is 6.03. The number of nitrogen functional groups attached to an aromatic ring is 1. The van der Waals surface area contributed by atoms with Gasteiger partial charge < -0.3 is 30.2 Å². The Balaban J connectivity index is 2.11. The van der Waals surface area contributed by atoms with Crippen LogP contribution in [0, 0.1) is 11.3 Å². The number of nitrogens with zero attached hydrogens (tertiary/aromatic N) is 3. The van der Waals surface area contributed by atoms with Crippen molar-refractivity contribution in [1.82, 2.24) is 9.55 Å². The number of aliphatic hydroxyl groups is 2. The van der Waals surface area contributed by atoms with Crippen LogP contribution in [0.4, 0.5) is 5.82 Å². The molecule has 0 radical (unpaired) electrons. The van der Waals surface area contributed by atoms with Gasteiger partial charge in [0.1, 0.15) is 30.9 Å². The van der Waals surface area contributed by atoms with Crippen LogP contribution in [0.5, 0.6) is 0 Å². The van der Waals surface area contributed by atoms with E-state index in [1.54, 1.807) is 0 Å². The molecule has 2 unspecified atom stereocenters. The summed E-state index contributed by atoms with van der Waals surface area (Å²) in [6.45, 7) is -0.458. The molecule has 1 aromatic rings. The largest absolute Gasteiger partial charge is 0.394 e. The zero-order chi connectivity index (χ0) is 16.8. The first-order chi connectivity index (χ1) is 11.1. The highest BCUT2D eigenvalue weighted by Gasteiger charge is 2.45. The van der Waals surface area contributed by atoms with Crippen molar-refractivity contribution in [2.45, 2.75) is 31.0 Å². The van der Waals surface area contributed by atoms with Gasteiger partial charge in [-0.25, -0.2) is 4.79 Å². The standard InChI is InChI=1S/C13H18N4O6/c14-3-1-5-21-7-22-11-10(19)8(6-18)23-12(11)17-4-2-9(15)16-13(17)20/h2,4,8,10-12,18-19H,1,5-7H2,(H2,15,16,20)/t8-,10?,11?,12-/m1/s1. The first-order valence-corrected chi connectivity index (χ1v) is 6.93. The Morgan fingerprint density at radius 3 is 3.00 bits per heavy atom. The Bertz CT molecular complexity index is 615. The Hall–Kier alpha value is -2.03. The molecule has 4 atom stereocenters. The van der Waals surface area contributed by atoms with Crippen LogP contribution in [-0.4, -0.2) is 58.1 Å². The minimum Gasteiger partial charge on any atom is -0.394 e. The highest BCUT2D eigenvalue weighted by Crippen LogP contribution is 2.30. The molecular formula is C13H18N4O6. The maximum absolute atomic E-state index is 11.9. The molecule has 10 nitrogen and oxygen atoms in total. The topological polar surface area (TPSA) is 153 Å². The van der Waals surface area contributed by atoms with Crippen molar-refractivity contribution in [3.63, 3.8) is 0 Å². The van der Waals surface area contributed by atoms with Crippen LogP contribution >= 0.6 is 0 Å². The maximum atomic E-state index is 11.9. The summed E-state index contributed by atoms with van der Waals surface area (Å²) >= 11 is 0. The lowest BCUT2D eigenvalue weighted by Crippen LogP contribution is -2.38. The van der Waals surface area contributed by atoms with E-state index >= 15 is 0 Å². The molecule has 0 aliphatic carbocycles. The molecular weight excluding hydrogens is 308 g/mol. The van der Waals surface area contributed by atoms with Crippen LogP contribution in [0.1, 0.15) is 12.6 Å². The number of ether oxygens (including phenoxy) is 3. The van der Waals surface area contributed by atoms with Crippen molar-refractivity contribution < 1.29 is 24.4 Å². The summed E-state index contributed by atoms with van der Waals surface area (Å²) in [7, 11) is 0. The molecule has 0 amide bonds. The Morgan fingerprint density at radius 2 is 2.35 bits per heavy atom. The van der Waals surface area contributed by atoms with Gasteiger partial charge in [-0.1, -0.05) is 0 Å². The van der Waals surface area contributed by atoms with E-state index in [0.717, 1.165) is 4.57 Å². The monoisotopic (exact) mass is 326 g/mol. The molecule has 2 heterocycles. The second-order valence-electron chi connectivity index (χ2n) is 4.85. The number of aromatic nitrogens is 2. The van der Waals surface area contributed by atoms with E-state index in [9.17, 15) is 15.0 Å². The van der Waals surface area contributed by atoms with Gasteiger partial charge >= 0.3 is 5.69 Å². The third kappa shape index (κ3) is 4.04. The molecule has 0 saturated carbocycles. The first kappa shape index (κ1) is 17.3. The molecule has 23 heavy (non-hydrogen) atoms. The quantitative estimate of drug-likeness (QED) is 0.395. The molecule has 1 aromatic heterocycles. The average Bonchev–Trinajstić information content (AvgIpc) is 2.83. The molecule has 126 valence electrons. The van der Waals surface area contributed by atoms with Gasteiger partial charge in [0.05, 0.1) is 25.7 Å². The first-order valence-electron chi connectivity index (χ1n) is 6.93. The molecule has 0 bridgehead atoms. The van der Waals surface area contributed by atoms with Gasteiger partial charge in [0.15, 0.2) is 6.23 Å². The van der Waals surface area contributed by atoms with Gasteiger partial charge in [-0.05, 0) is 6.07 Å². The molecule has 2 rings (SSSR count). The molecule has 0 spiro atoms. The van der Waals surface area contributed by atoms with E-state index < -0.39 is 36.8 Å². The highest BCUT2D eigenvalue weighted by atomic mass is 16.7. The predicted octanol–water partition coefficient (Wildman–Crippen LogP) is -1.65. The van der Waals surface area contributed by atoms with Crippen molar-refractivity contribution >= 4 is 5.82 Å². The fourth-order valence-electron chi connectivity index (χ4n) is 2.20. The fourth-order valence-corrected chi connectivity index (χ4v) is 2.20. The Morgan fingerprint density at radius 1 is 1.57 bits per heavy atom. The predicted molar refractivity (Wildman–Crippen MR) is 75.8 cm³/mol. The zero-order valence-corrected chi connectivity index (χ0v) is 12.2. The number of rotatable bonds is 7. The lowest BCUT2D eigenvalue weighted by atomic mass is 10.1. The summed E-state index contributed by atoms with van der Waals surface area (Å²) < 4.78 is 17.1. The summed E-state index contributed by atoms with van der Waals surface area (Å²) in [4.78, 5) is 15.5. The van der Waals surface area contributed by atoms with Crippen LogP contribution in [0.3, 0.4) is 0 Å². The summed E-state index contributed by atoms with van der Waals surface area (Å²) in [5, 5.41) is 27.8. The molecule has 1 saturated heterocycles. The number of hydrogen-bond acceptors (Lipinski definition) is 9. The van der Waals surface area contributed by atoms with Gasteiger partial charge in [0.2, 0.25) is 0 Å². The number of anilines is 1. The van der Waals surface area contributed by atoms with E-state index in [-0.39, 0.29) is 25.6 Å². The lowest BCUT2D eigenvalue weighted by molar-refractivity contribution is -0.139. The second-order valence-corrected chi connectivity index (χ2v) is 4.85. The van der Waals surface area contributed by atoms with Crippen molar-refractivity contribution in [2.75, 3.05) is 25.7 Å². The number of nitriles is 1. The maximum Gasteiger partial charge on any atom is 0.351 e. The van der Waals surface area contributed by atoms with Gasteiger partial charge in [-0.15, -0.1) is 0 Å². The van der Waals surface area contributed by atoms with E-state index in [1.165, 1.54) is 12.3 Å². The van der Waals surface area contributed by atoms with Gasteiger partial charge in [0.25, 0.3) is 0 Å². The van der Waals surface area contributed by atoms with Gasteiger partial charge in [0, 0.05) is 6.20 Å². The second kappa shape index (κ2) is 8.00. The van der Waals surface area contributed by atoms with E-state index in [0.29, 0.717) is 0 Å². The number of aliphatic hydroxyl groups excluding tert-OH is 2.